The quantitative estimate of drug-likeness (QED) is 0.459. The Labute approximate surface area is 190 Å². The number of nitrogens with zero attached hydrogens (tertiary/aromatic N) is 3. The highest BCUT2D eigenvalue weighted by atomic mass is 32.1. The van der Waals surface area contributed by atoms with E-state index < -0.39 is 0 Å². The topological polar surface area (TPSA) is 65.7 Å². The third kappa shape index (κ3) is 4.43. The van der Waals surface area contributed by atoms with Gasteiger partial charge in [-0.05, 0) is 46.4 Å². The molecule has 2 heterocycles. The van der Waals surface area contributed by atoms with E-state index >= 15 is 0 Å². The van der Waals surface area contributed by atoms with E-state index in [1.54, 1.807) is 20.3 Å². The first-order chi connectivity index (χ1) is 15.3. The monoisotopic (exact) mass is 447 g/mol. The molecule has 0 spiro atoms. The summed E-state index contributed by atoms with van der Waals surface area (Å²) in [5.74, 6) is 1.79. The molecule has 0 aliphatic carbocycles. The molecule has 0 bridgehead atoms. The Morgan fingerprint density at radius 1 is 0.938 bits per heavy atom. The van der Waals surface area contributed by atoms with Gasteiger partial charge in [0.1, 0.15) is 0 Å². The van der Waals surface area contributed by atoms with Crippen LogP contribution in [0.15, 0.2) is 47.3 Å². The molecule has 0 N–H and O–H groups in total. The third-order valence-electron chi connectivity index (χ3n) is 5.11. The van der Waals surface area contributed by atoms with Crippen molar-refractivity contribution in [1.29, 1.82) is 0 Å². The second kappa shape index (κ2) is 8.59. The van der Waals surface area contributed by atoms with Crippen molar-refractivity contribution in [3.05, 3.63) is 79.9 Å². The van der Waals surface area contributed by atoms with Crippen molar-refractivity contribution >= 4 is 34.5 Å². The van der Waals surface area contributed by atoms with Gasteiger partial charge in [-0.15, -0.1) is 5.10 Å². The molecule has 6 nitrogen and oxygen atoms in total. The summed E-state index contributed by atoms with van der Waals surface area (Å²) < 4.78 is 12.6. The predicted molar refractivity (Wildman–Crippen MR) is 130 cm³/mol. The van der Waals surface area contributed by atoms with Crippen LogP contribution in [0.5, 0.6) is 11.5 Å². The molecule has 32 heavy (non-hydrogen) atoms. The molecule has 0 aliphatic rings. The summed E-state index contributed by atoms with van der Waals surface area (Å²) in [6, 6.07) is 13.9. The minimum atomic E-state index is -0.164. The Hall–Kier alpha value is -3.45. The number of hydrogen-bond acceptors (Lipinski definition) is 6. The molecule has 4 aromatic rings. The van der Waals surface area contributed by atoms with Crippen molar-refractivity contribution < 1.29 is 9.47 Å². The maximum Gasteiger partial charge on any atom is 0.291 e. The lowest BCUT2D eigenvalue weighted by Crippen LogP contribution is -2.23. The fourth-order valence-corrected chi connectivity index (χ4v) is 4.19. The summed E-state index contributed by atoms with van der Waals surface area (Å²) in [5.41, 5.74) is 3.08. The van der Waals surface area contributed by atoms with Crippen LogP contribution in [0, 0.1) is 0 Å². The molecule has 0 saturated carbocycles. The van der Waals surface area contributed by atoms with Crippen LogP contribution in [0.2, 0.25) is 0 Å². The van der Waals surface area contributed by atoms with Gasteiger partial charge < -0.3 is 9.47 Å². The largest absolute Gasteiger partial charge is 0.493 e. The van der Waals surface area contributed by atoms with E-state index in [1.165, 1.54) is 21.4 Å². The second-order valence-corrected chi connectivity index (χ2v) is 9.41. The van der Waals surface area contributed by atoms with E-state index in [-0.39, 0.29) is 11.0 Å². The minimum absolute atomic E-state index is 0.0939. The smallest absolute Gasteiger partial charge is 0.291 e. The first-order valence-electron chi connectivity index (χ1n) is 10.2. The Kier molecular flexibility index (Phi) is 5.84. The summed E-state index contributed by atoms with van der Waals surface area (Å²) in [6.45, 7) is 6.54. The van der Waals surface area contributed by atoms with Gasteiger partial charge in [-0.25, -0.2) is 0 Å². The Bertz CT molecular complexity index is 1390. The molecule has 2 aromatic carbocycles. The fraction of sp³-hybridized carbons (Fsp3) is 0.240. The highest BCUT2D eigenvalue weighted by molar-refractivity contribution is 7.15. The van der Waals surface area contributed by atoms with E-state index in [1.807, 2.05) is 42.5 Å². The molecule has 4 rings (SSSR count). The molecule has 7 heteroatoms. The number of aromatic nitrogens is 3. The summed E-state index contributed by atoms with van der Waals surface area (Å²) >= 11 is 1.33. The minimum Gasteiger partial charge on any atom is -0.493 e. The fourth-order valence-electron chi connectivity index (χ4n) is 3.28. The zero-order valence-electron chi connectivity index (χ0n) is 18.7. The Balaban J connectivity index is 1.60. The number of ether oxygens (including phenoxy) is 2. The highest BCUT2D eigenvalue weighted by Gasteiger charge is 2.13. The number of hydrogen-bond donors (Lipinski definition) is 0. The molecule has 0 radical (unpaired) electrons. The molecule has 0 amide bonds. The lowest BCUT2D eigenvalue weighted by Gasteiger charge is -2.18. The number of rotatable bonds is 5. The van der Waals surface area contributed by atoms with E-state index in [9.17, 15) is 4.79 Å². The molecular weight excluding hydrogens is 422 g/mol. The van der Waals surface area contributed by atoms with Gasteiger partial charge in [-0.1, -0.05) is 68.5 Å². The van der Waals surface area contributed by atoms with Crippen molar-refractivity contribution in [3.63, 3.8) is 0 Å². The van der Waals surface area contributed by atoms with Gasteiger partial charge in [0.15, 0.2) is 17.3 Å². The van der Waals surface area contributed by atoms with Gasteiger partial charge in [-0.2, -0.15) is 9.50 Å². The van der Waals surface area contributed by atoms with Crippen molar-refractivity contribution in [2.24, 2.45) is 0 Å². The van der Waals surface area contributed by atoms with Gasteiger partial charge in [0.05, 0.1) is 18.8 Å². The Morgan fingerprint density at radius 3 is 2.25 bits per heavy atom. The van der Waals surface area contributed by atoms with Crippen LogP contribution in [0.3, 0.4) is 0 Å². The summed E-state index contributed by atoms with van der Waals surface area (Å²) in [7, 11) is 3.20. The van der Waals surface area contributed by atoms with Crippen molar-refractivity contribution in [2.45, 2.75) is 26.2 Å². The van der Waals surface area contributed by atoms with Crippen LogP contribution in [0.25, 0.3) is 23.2 Å². The van der Waals surface area contributed by atoms with Gasteiger partial charge in [0.2, 0.25) is 4.96 Å². The average Bonchev–Trinajstić information content (AvgIpc) is 3.30. The zero-order valence-corrected chi connectivity index (χ0v) is 19.6. The van der Waals surface area contributed by atoms with E-state index in [0.717, 1.165) is 11.1 Å². The lowest BCUT2D eigenvalue weighted by atomic mass is 9.87. The average molecular weight is 448 g/mol. The zero-order chi connectivity index (χ0) is 22.9. The summed E-state index contributed by atoms with van der Waals surface area (Å²) in [6.07, 6.45) is 5.53. The predicted octanol–water partition coefficient (Wildman–Crippen LogP) is 4.18. The van der Waals surface area contributed by atoms with E-state index in [0.29, 0.717) is 26.8 Å². The van der Waals surface area contributed by atoms with Gasteiger partial charge in [0.25, 0.3) is 5.56 Å². The standard InChI is InChI=1S/C25H25N3O3S/c1-25(2,3)18-10-6-17(7-11-18)15-21-23(29)28-24(32-21)26-22(27-28)13-9-16-8-12-19(30-4)20(14-16)31-5/h6-15H,1-5H3/b13-9+,21-15-. The highest BCUT2D eigenvalue weighted by Crippen LogP contribution is 2.28. The lowest BCUT2D eigenvalue weighted by molar-refractivity contribution is 0.355. The second-order valence-electron chi connectivity index (χ2n) is 8.40. The van der Waals surface area contributed by atoms with Crippen molar-refractivity contribution in [1.82, 2.24) is 14.6 Å². The number of thiazole rings is 1. The van der Waals surface area contributed by atoms with Gasteiger partial charge >= 0.3 is 0 Å². The molecular formula is C25H25N3O3S. The normalized spacial score (nSPS) is 12.7. The first kappa shape index (κ1) is 21.8. The number of methoxy groups -OCH3 is 2. The molecule has 0 aliphatic heterocycles. The van der Waals surface area contributed by atoms with E-state index in [4.69, 9.17) is 9.47 Å². The van der Waals surface area contributed by atoms with Crippen LogP contribution in [-0.2, 0) is 5.41 Å². The first-order valence-corrected chi connectivity index (χ1v) is 11.0. The Morgan fingerprint density at radius 2 is 1.62 bits per heavy atom. The summed E-state index contributed by atoms with van der Waals surface area (Å²) in [5, 5.41) is 4.35. The molecule has 0 fully saturated rings. The third-order valence-corrected chi connectivity index (χ3v) is 6.06. The number of benzene rings is 2. The van der Waals surface area contributed by atoms with Crippen LogP contribution < -0.4 is 19.6 Å². The van der Waals surface area contributed by atoms with Crippen LogP contribution in [0.4, 0.5) is 0 Å². The maximum absolute atomic E-state index is 12.8. The molecule has 164 valence electrons. The van der Waals surface area contributed by atoms with Crippen molar-refractivity contribution in [2.75, 3.05) is 14.2 Å². The molecule has 0 atom stereocenters. The summed E-state index contributed by atoms with van der Waals surface area (Å²) in [4.78, 5) is 17.8. The molecule has 2 aromatic heterocycles. The SMILES string of the molecule is COc1ccc(/C=C/c2nc3s/c(=C\c4ccc(C(C)(C)C)cc4)c(=O)n3n2)cc1OC. The molecule has 0 saturated heterocycles. The van der Waals surface area contributed by atoms with Crippen LogP contribution in [0.1, 0.15) is 43.3 Å². The van der Waals surface area contributed by atoms with Crippen LogP contribution >= 0.6 is 11.3 Å². The van der Waals surface area contributed by atoms with E-state index in [2.05, 4.69) is 43.0 Å². The number of fused-ring (bicyclic) bond motifs is 1. The van der Waals surface area contributed by atoms with Crippen molar-refractivity contribution in [3.8, 4) is 11.5 Å². The maximum atomic E-state index is 12.8. The molecule has 0 unspecified atom stereocenters. The van der Waals surface area contributed by atoms with Gasteiger partial charge in [-0.3, -0.25) is 4.79 Å². The van der Waals surface area contributed by atoms with Gasteiger partial charge in [0, 0.05) is 0 Å². The van der Waals surface area contributed by atoms with Crippen LogP contribution in [-0.4, -0.2) is 28.8 Å².